The van der Waals surface area contributed by atoms with E-state index >= 15 is 0 Å². The fraction of sp³-hybridized carbons (Fsp3) is 0.364. The van der Waals surface area contributed by atoms with Crippen LogP contribution in [0.2, 0.25) is 5.02 Å². The number of hydrogen-bond acceptors (Lipinski definition) is 5. The van der Waals surface area contributed by atoms with Crippen molar-refractivity contribution in [2.75, 3.05) is 20.3 Å². The molecule has 0 saturated carbocycles. The van der Waals surface area contributed by atoms with E-state index in [1.165, 1.54) is 16.8 Å². The van der Waals surface area contributed by atoms with Gasteiger partial charge in [0.2, 0.25) is 0 Å². The second-order valence-corrected chi connectivity index (χ2v) is 4.18. The Labute approximate surface area is 114 Å². The molecule has 8 heteroatoms. The molecular formula is C11H13ClFN5O. The molecule has 0 radical (unpaired) electrons. The van der Waals surface area contributed by atoms with Gasteiger partial charge < -0.3 is 10.1 Å². The van der Waals surface area contributed by atoms with E-state index in [-0.39, 0.29) is 5.02 Å². The van der Waals surface area contributed by atoms with Gasteiger partial charge in [-0.1, -0.05) is 11.6 Å². The first-order valence-corrected chi connectivity index (χ1v) is 6.02. The van der Waals surface area contributed by atoms with Crippen LogP contribution in [0.15, 0.2) is 18.2 Å². The Morgan fingerprint density at radius 2 is 2.32 bits per heavy atom. The van der Waals surface area contributed by atoms with Gasteiger partial charge in [-0.25, -0.2) is 4.39 Å². The average molecular weight is 286 g/mol. The minimum atomic E-state index is -0.507. The first-order valence-electron chi connectivity index (χ1n) is 5.64. The van der Waals surface area contributed by atoms with Crippen LogP contribution < -0.4 is 5.32 Å². The largest absolute Gasteiger partial charge is 0.383 e. The molecular weight excluding hydrogens is 273 g/mol. The van der Waals surface area contributed by atoms with E-state index in [0.29, 0.717) is 31.2 Å². The molecule has 0 amide bonds. The quantitative estimate of drug-likeness (QED) is 0.808. The van der Waals surface area contributed by atoms with E-state index < -0.39 is 5.82 Å². The smallest absolute Gasteiger partial charge is 0.170 e. The zero-order valence-electron chi connectivity index (χ0n) is 10.3. The minimum Gasteiger partial charge on any atom is -0.383 e. The highest BCUT2D eigenvalue weighted by atomic mass is 35.5. The van der Waals surface area contributed by atoms with Gasteiger partial charge in [-0.2, -0.15) is 4.68 Å². The molecule has 2 aromatic rings. The Morgan fingerprint density at radius 1 is 1.47 bits per heavy atom. The van der Waals surface area contributed by atoms with Crippen LogP contribution in [0, 0.1) is 5.82 Å². The van der Waals surface area contributed by atoms with Crippen molar-refractivity contribution >= 4 is 11.6 Å². The number of nitrogens with zero attached hydrogens (tertiary/aromatic N) is 4. The van der Waals surface area contributed by atoms with Crippen molar-refractivity contribution < 1.29 is 9.13 Å². The molecule has 0 atom stereocenters. The monoisotopic (exact) mass is 285 g/mol. The van der Waals surface area contributed by atoms with E-state index in [1.807, 2.05) is 0 Å². The molecule has 0 saturated heterocycles. The zero-order valence-corrected chi connectivity index (χ0v) is 11.1. The van der Waals surface area contributed by atoms with Gasteiger partial charge in [0, 0.05) is 19.7 Å². The van der Waals surface area contributed by atoms with Crippen molar-refractivity contribution in [1.82, 2.24) is 25.5 Å². The maximum atomic E-state index is 13.4. The van der Waals surface area contributed by atoms with E-state index in [0.717, 1.165) is 0 Å². The van der Waals surface area contributed by atoms with Gasteiger partial charge in [-0.05, 0) is 22.6 Å². The molecule has 1 N–H and O–H groups in total. The molecule has 0 aliphatic rings. The topological polar surface area (TPSA) is 64.9 Å². The maximum Gasteiger partial charge on any atom is 0.170 e. The van der Waals surface area contributed by atoms with Crippen LogP contribution in [0.1, 0.15) is 5.82 Å². The lowest BCUT2D eigenvalue weighted by molar-refractivity contribution is 0.199. The van der Waals surface area contributed by atoms with E-state index in [4.69, 9.17) is 16.3 Å². The summed E-state index contributed by atoms with van der Waals surface area (Å²) in [6, 6.07) is 4.41. The zero-order chi connectivity index (χ0) is 13.7. The van der Waals surface area contributed by atoms with Crippen LogP contribution in [0.25, 0.3) is 5.69 Å². The number of rotatable bonds is 6. The molecule has 0 bridgehead atoms. The molecule has 19 heavy (non-hydrogen) atoms. The van der Waals surface area contributed by atoms with Crippen LogP contribution in [0.4, 0.5) is 4.39 Å². The normalized spacial score (nSPS) is 10.9. The molecule has 0 unspecified atom stereocenters. The Bertz CT molecular complexity index is 548. The minimum absolute atomic E-state index is 0.0663. The lowest BCUT2D eigenvalue weighted by Gasteiger charge is -2.06. The van der Waals surface area contributed by atoms with Gasteiger partial charge in [-0.15, -0.1) is 5.10 Å². The molecule has 0 spiro atoms. The summed E-state index contributed by atoms with van der Waals surface area (Å²) in [5, 5.41) is 14.5. The second kappa shape index (κ2) is 6.55. The van der Waals surface area contributed by atoms with Gasteiger partial charge >= 0.3 is 0 Å². The molecule has 0 aliphatic heterocycles. The van der Waals surface area contributed by atoms with Crippen molar-refractivity contribution in [2.45, 2.75) is 6.54 Å². The summed E-state index contributed by atoms with van der Waals surface area (Å²) in [7, 11) is 1.63. The number of ether oxygens (including phenoxy) is 1. The third-order valence-electron chi connectivity index (χ3n) is 2.45. The fourth-order valence-electron chi connectivity index (χ4n) is 1.51. The summed E-state index contributed by atoms with van der Waals surface area (Å²) in [4.78, 5) is 0. The van der Waals surface area contributed by atoms with Crippen molar-refractivity contribution in [3.63, 3.8) is 0 Å². The van der Waals surface area contributed by atoms with Gasteiger partial charge in [-0.3, -0.25) is 0 Å². The molecule has 1 aromatic heterocycles. The average Bonchev–Trinajstić information content (AvgIpc) is 2.86. The number of halogens is 2. The highest BCUT2D eigenvalue weighted by Gasteiger charge is 2.09. The third kappa shape index (κ3) is 3.46. The number of hydrogen-bond donors (Lipinski definition) is 1. The van der Waals surface area contributed by atoms with Crippen molar-refractivity contribution in [3.05, 3.63) is 34.9 Å². The van der Waals surface area contributed by atoms with Gasteiger partial charge in [0.15, 0.2) is 5.82 Å². The Morgan fingerprint density at radius 3 is 3.05 bits per heavy atom. The van der Waals surface area contributed by atoms with E-state index in [9.17, 15) is 4.39 Å². The van der Waals surface area contributed by atoms with E-state index in [1.54, 1.807) is 13.2 Å². The number of nitrogens with one attached hydrogen (secondary N) is 1. The number of tetrazole rings is 1. The predicted molar refractivity (Wildman–Crippen MR) is 67.7 cm³/mol. The summed E-state index contributed by atoms with van der Waals surface area (Å²) in [5.74, 6) is 0.0748. The van der Waals surface area contributed by atoms with Crippen molar-refractivity contribution in [3.8, 4) is 5.69 Å². The van der Waals surface area contributed by atoms with Crippen molar-refractivity contribution in [1.29, 1.82) is 0 Å². The van der Waals surface area contributed by atoms with Crippen LogP contribution in [-0.4, -0.2) is 40.5 Å². The first-order chi connectivity index (χ1) is 9.22. The van der Waals surface area contributed by atoms with Gasteiger partial charge in [0.25, 0.3) is 0 Å². The Kier molecular flexibility index (Phi) is 4.78. The van der Waals surface area contributed by atoms with Crippen molar-refractivity contribution in [2.24, 2.45) is 0 Å². The van der Waals surface area contributed by atoms with E-state index in [2.05, 4.69) is 20.8 Å². The van der Waals surface area contributed by atoms with Gasteiger partial charge in [0.1, 0.15) is 5.82 Å². The molecule has 102 valence electrons. The van der Waals surface area contributed by atoms with Crippen LogP contribution in [0.5, 0.6) is 0 Å². The van der Waals surface area contributed by atoms with Crippen LogP contribution in [-0.2, 0) is 11.3 Å². The fourth-order valence-corrected chi connectivity index (χ4v) is 1.63. The second-order valence-electron chi connectivity index (χ2n) is 3.77. The standard InChI is InChI=1S/C11H13ClFN5O/c1-19-5-4-14-7-11-15-16-17-18(11)8-2-3-9(12)10(13)6-8/h2-3,6,14H,4-5,7H2,1H3. The Balaban J connectivity index is 2.12. The molecule has 2 rings (SSSR count). The molecule has 1 heterocycles. The lowest BCUT2D eigenvalue weighted by Crippen LogP contribution is -2.21. The Hall–Kier alpha value is -1.57. The molecule has 6 nitrogen and oxygen atoms in total. The van der Waals surface area contributed by atoms with Gasteiger partial charge in [0.05, 0.1) is 23.9 Å². The maximum absolute atomic E-state index is 13.4. The lowest BCUT2D eigenvalue weighted by atomic mass is 10.3. The summed E-state index contributed by atoms with van der Waals surface area (Å²) < 4.78 is 19.8. The summed E-state index contributed by atoms with van der Waals surface area (Å²) in [6.45, 7) is 1.73. The van der Waals surface area contributed by atoms with Crippen LogP contribution in [0.3, 0.4) is 0 Å². The highest BCUT2D eigenvalue weighted by molar-refractivity contribution is 6.30. The SMILES string of the molecule is COCCNCc1nnnn1-c1ccc(Cl)c(F)c1. The number of methoxy groups -OCH3 is 1. The number of aromatic nitrogens is 4. The summed E-state index contributed by atoms with van der Waals surface area (Å²) >= 11 is 5.64. The molecule has 0 fully saturated rings. The highest BCUT2D eigenvalue weighted by Crippen LogP contribution is 2.18. The molecule has 0 aliphatic carbocycles. The third-order valence-corrected chi connectivity index (χ3v) is 2.75. The summed E-state index contributed by atoms with van der Waals surface area (Å²) in [6.07, 6.45) is 0. The first kappa shape index (κ1) is 13.9. The predicted octanol–water partition coefficient (Wildman–Crippen LogP) is 1.19. The molecule has 1 aromatic carbocycles. The summed E-state index contributed by atoms with van der Waals surface area (Å²) in [5.41, 5.74) is 0.524. The number of benzene rings is 1. The van der Waals surface area contributed by atoms with Crippen LogP contribution >= 0.6 is 11.6 Å².